The van der Waals surface area contributed by atoms with Gasteiger partial charge in [-0.15, -0.1) is 22.7 Å². The molecule has 5 heteroatoms. The van der Waals surface area contributed by atoms with Gasteiger partial charge in [0, 0.05) is 11.8 Å². The zero-order valence-electron chi connectivity index (χ0n) is 9.03. The van der Waals surface area contributed by atoms with E-state index in [0.717, 1.165) is 19.4 Å². The van der Waals surface area contributed by atoms with E-state index in [2.05, 4.69) is 27.0 Å². The minimum atomic E-state index is -0.689. The summed E-state index contributed by atoms with van der Waals surface area (Å²) in [5, 5.41) is 12.7. The summed E-state index contributed by atoms with van der Waals surface area (Å²) < 4.78 is 1.11. The standard InChI is InChI=1S/C11H12BrNOS2/c1-11(2,14)5-10-13-7(6-15-10)8-3-4-9(12)16-8/h3-4,6,14H,5H2,1-2H3. The molecule has 2 aromatic heterocycles. The average Bonchev–Trinajstić information content (AvgIpc) is 2.71. The number of thiophene rings is 1. The Kier molecular flexibility index (Phi) is 3.49. The maximum Gasteiger partial charge on any atom is 0.0961 e. The first kappa shape index (κ1) is 12.2. The van der Waals surface area contributed by atoms with Crippen molar-refractivity contribution in [2.24, 2.45) is 0 Å². The molecular weight excluding hydrogens is 306 g/mol. The molecule has 2 aromatic rings. The molecule has 0 saturated heterocycles. The van der Waals surface area contributed by atoms with Gasteiger partial charge < -0.3 is 5.11 Å². The zero-order valence-corrected chi connectivity index (χ0v) is 12.2. The SMILES string of the molecule is CC(C)(O)Cc1nc(-c2ccc(Br)s2)cs1. The first-order valence-corrected chi connectivity index (χ1v) is 7.35. The number of nitrogens with zero attached hydrogens (tertiary/aromatic N) is 1. The summed E-state index contributed by atoms with van der Waals surface area (Å²) in [6.07, 6.45) is 0.601. The third kappa shape index (κ3) is 3.13. The van der Waals surface area contributed by atoms with Gasteiger partial charge in [0.15, 0.2) is 0 Å². The van der Waals surface area contributed by atoms with Gasteiger partial charge in [0.1, 0.15) is 0 Å². The van der Waals surface area contributed by atoms with E-state index in [1.807, 2.05) is 11.4 Å². The molecule has 1 N–H and O–H groups in total. The van der Waals surface area contributed by atoms with Gasteiger partial charge in [-0.1, -0.05) is 0 Å². The molecule has 0 atom stereocenters. The van der Waals surface area contributed by atoms with Crippen LogP contribution in [0, 0.1) is 0 Å². The lowest BCUT2D eigenvalue weighted by molar-refractivity contribution is 0.0809. The number of thiazole rings is 1. The molecule has 86 valence electrons. The third-order valence-corrected chi connectivity index (χ3v) is 4.46. The Labute approximate surface area is 111 Å². The van der Waals surface area contributed by atoms with Gasteiger partial charge in [-0.25, -0.2) is 4.98 Å². The topological polar surface area (TPSA) is 33.1 Å². The fourth-order valence-corrected chi connectivity index (χ4v) is 3.76. The zero-order chi connectivity index (χ0) is 11.8. The van der Waals surface area contributed by atoms with Crippen LogP contribution in [-0.2, 0) is 6.42 Å². The van der Waals surface area contributed by atoms with E-state index in [1.54, 1.807) is 36.5 Å². The Morgan fingerprint density at radius 2 is 2.19 bits per heavy atom. The molecule has 2 rings (SSSR count). The summed E-state index contributed by atoms with van der Waals surface area (Å²) in [4.78, 5) is 5.68. The highest BCUT2D eigenvalue weighted by atomic mass is 79.9. The van der Waals surface area contributed by atoms with Crippen molar-refractivity contribution in [3.05, 3.63) is 26.3 Å². The molecule has 2 heterocycles. The predicted molar refractivity (Wildman–Crippen MR) is 73.1 cm³/mol. The first-order chi connectivity index (χ1) is 7.44. The van der Waals surface area contributed by atoms with Gasteiger partial charge in [0.25, 0.3) is 0 Å². The molecule has 0 spiro atoms. The van der Waals surface area contributed by atoms with Gasteiger partial charge in [-0.3, -0.25) is 0 Å². The third-order valence-electron chi connectivity index (χ3n) is 1.96. The normalized spacial score (nSPS) is 12.0. The second-order valence-corrected chi connectivity index (χ2v) is 7.63. The Hall–Kier alpha value is -0.230. The van der Waals surface area contributed by atoms with Crippen LogP contribution in [0.4, 0.5) is 0 Å². The smallest absolute Gasteiger partial charge is 0.0961 e. The number of aliphatic hydroxyl groups is 1. The minimum absolute atomic E-state index is 0.601. The van der Waals surface area contributed by atoms with Crippen molar-refractivity contribution in [3.63, 3.8) is 0 Å². The Morgan fingerprint density at radius 1 is 1.44 bits per heavy atom. The van der Waals surface area contributed by atoms with E-state index < -0.39 is 5.60 Å². The molecule has 0 aromatic carbocycles. The van der Waals surface area contributed by atoms with Crippen molar-refractivity contribution in [2.45, 2.75) is 25.9 Å². The summed E-state index contributed by atoms with van der Waals surface area (Å²) in [5.41, 5.74) is 0.311. The van der Waals surface area contributed by atoms with Crippen molar-refractivity contribution in [1.82, 2.24) is 4.98 Å². The van der Waals surface area contributed by atoms with E-state index in [0.29, 0.717) is 6.42 Å². The van der Waals surface area contributed by atoms with Gasteiger partial charge in [0.05, 0.1) is 25.0 Å². The second kappa shape index (κ2) is 4.56. The number of hydrogen-bond acceptors (Lipinski definition) is 4. The Morgan fingerprint density at radius 3 is 2.75 bits per heavy atom. The molecule has 0 radical (unpaired) electrons. The molecule has 16 heavy (non-hydrogen) atoms. The van der Waals surface area contributed by atoms with E-state index in [9.17, 15) is 5.11 Å². The lowest BCUT2D eigenvalue weighted by Gasteiger charge is -2.14. The number of hydrogen-bond donors (Lipinski definition) is 1. The molecule has 2 nitrogen and oxygen atoms in total. The van der Waals surface area contributed by atoms with Crippen LogP contribution in [0.25, 0.3) is 10.6 Å². The molecule has 0 aliphatic heterocycles. The van der Waals surface area contributed by atoms with Crippen molar-refractivity contribution in [2.75, 3.05) is 0 Å². The predicted octanol–water partition coefficient (Wildman–Crippen LogP) is 3.95. The number of rotatable bonds is 3. The summed E-state index contributed by atoms with van der Waals surface area (Å²) in [7, 11) is 0. The van der Waals surface area contributed by atoms with Crippen LogP contribution in [0.15, 0.2) is 21.3 Å². The summed E-state index contributed by atoms with van der Waals surface area (Å²) in [6, 6.07) is 4.08. The van der Waals surface area contributed by atoms with Gasteiger partial charge in [-0.05, 0) is 41.9 Å². The molecule has 0 aliphatic carbocycles. The lowest BCUT2D eigenvalue weighted by Crippen LogP contribution is -2.21. The largest absolute Gasteiger partial charge is 0.390 e. The molecule has 0 amide bonds. The van der Waals surface area contributed by atoms with Crippen LogP contribution in [0.1, 0.15) is 18.9 Å². The van der Waals surface area contributed by atoms with Crippen LogP contribution < -0.4 is 0 Å². The molecule has 0 aliphatic rings. The fraction of sp³-hybridized carbons (Fsp3) is 0.364. The highest BCUT2D eigenvalue weighted by Gasteiger charge is 2.16. The molecule has 0 fully saturated rings. The fourth-order valence-electron chi connectivity index (χ4n) is 1.33. The molecule has 0 bridgehead atoms. The first-order valence-electron chi connectivity index (χ1n) is 4.86. The van der Waals surface area contributed by atoms with Crippen LogP contribution in [-0.4, -0.2) is 15.7 Å². The maximum atomic E-state index is 9.72. The van der Waals surface area contributed by atoms with Crippen molar-refractivity contribution in [3.8, 4) is 10.6 Å². The van der Waals surface area contributed by atoms with E-state index in [1.165, 1.54) is 0 Å². The summed E-state index contributed by atoms with van der Waals surface area (Å²) >= 11 is 6.71. The van der Waals surface area contributed by atoms with Gasteiger partial charge in [0.2, 0.25) is 0 Å². The van der Waals surface area contributed by atoms with Crippen molar-refractivity contribution in [1.29, 1.82) is 0 Å². The molecule has 0 unspecified atom stereocenters. The van der Waals surface area contributed by atoms with Crippen molar-refractivity contribution >= 4 is 38.6 Å². The lowest BCUT2D eigenvalue weighted by atomic mass is 10.1. The van der Waals surface area contributed by atoms with E-state index in [4.69, 9.17) is 0 Å². The number of halogens is 1. The molecular formula is C11H12BrNOS2. The van der Waals surface area contributed by atoms with E-state index >= 15 is 0 Å². The van der Waals surface area contributed by atoms with Gasteiger partial charge in [-0.2, -0.15) is 0 Å². The Bertz CT molecular complexity index is 484. The number of aromatic nitrogens is 1. The monoisotopic (exact) mass is 317 g/mol. The maximum absolute atomic E-state index is 9.72. The highest BCUT2D eigenvalue weighted by molar-refractivity contribution is 9.11. The Balaban J connectivity index is 2.20. The quantitative estimate of drug-likeness (QED) is 0.929. The van der Waals surface area contributed by atoms with Crippen LogP contribution in [0.5, 0.6) is 0 Å². The van der Waals surface area contributed by atoms with Crippen LogP contribution >= 0.6 is 38.6 Å². The average molecular weight is 318 g/mol. The van der Waals surface area contributed by atoms with E-state index in [-0.39, 0.29) is 0 Å². The van der Waals surface area contributed by atoms with Crippen LogP contribution in [0.3, 0.4) is 0 Å². The van der Waals surface area contributed by atoms with Gasteiger partial charge >= 0.3 is 0 Å². The molecule has 0 saturated carbocycles. The minimum Gasteiger partial charge on any atom is -0.390 e. The second-order valence-electron chi connectivity index (χ2n) is 4.22. The van der Waals surface area contributed by atoms with Crippen molar-refractivity contribution < 1.29 is 5.11 Å². The van der Waals surface area contributed by atoms with Crippen LogP contribution in [0.2, 0.25) is 0 Å². The summed E-state index contributed by atoms with van der Waals surface area (Å²) in [6.45, 7) is 3.60. The summed E-state index contributed by atoms with van der Waals surface area (Å²) in [5.74, 6) is 0. The highest BCUT2D eigenvalue weighted by Crippen LogP contribution is 2.32.